The van der Waals surface area contributed by atoms with Crippen molar-refractivity contribution in [2.24, 2.45) is 0 Å². The zero-order chi connectivity index (χ0) is 14.0. The third kappa shape index (κ3) is 2.78. The van der Waals surface area contributed by atoms with Gasteiger partial charge in [-0.05, 0) is 38.1 Å². The Labute approximate surface area is 116 Å². The second kappa shape index (κ2) is 5.17. The van der Waals surface area contributed by atoms with E-state index in [1.54, 1.807) is 25.1 Å². The monoisotopic (exact) mass is 272 g/mol. The van der Waals surface area contributed by atoms with Gasteiger partial charge >= 0.3 is 0 Å². The van der Waals surface area contributed by atoms with Gasteiger partial charge in [0.25, 0.3) is 0 Å². The zero-order valence-electron chi connectivity index (χ0n) is 10.7. The molecule has 96 valence electrons. The van der Waals surface area contributed by atoms with Crippen LogP contribution in [0.25, 0.3) is 0 Å². The number of nitrogens with one attached hydrogen (secondary N) is 1. The van der Waals surface area contributed by atoms with Crippen LogP contribution in [-0.2, 0) is 0 Å². The summed E-state index contributed by atoms with van der Waals surface area (Å²) in [5, 5.41) is 12.9. The Balaban J connectivity index is 2.49. The topological polar surface area (TPSA) is 74.7 Å². The third-order valence-corrected chi connectivity index (χ3v) is 3.03. The molecule has 2 aromatic rings. The molecular weight excluding hydrogens is 260 g/mol. The number of benzene rings is 1. The lowest BCUT2D eigenvalue weighted by Crippen LogP contribution is -2.00. The number of hydrogen-bond donors (Lipinski definition) is 2. The first-order valence-electron chi connectivity index (χ1n) is 5.71. The van der Waals surface area contributed by atoms with E-state index in [9.17, 15) is 5.26 Å². The van der Waals surface area contributed by atoms with Gasteiger partial charge in [0, 0.05) is 11.4 Å². The molecule has 1 heterocycles. The summed E-state index contributed by atoms with van der Waals surface area (Å²) in [5.41, 5.74) is 9.71. The highest BCUT2D eigenvalue weighted by molar-refractivity contribution is 6.33. The molecule has 0 bridgehead atoms. The molecule has 4 nitrogen and oxygen atoms in total. The number of aryl methyl sites for hydroxylation is 2. The van der Waals surface area contributed by atoms with Crippen LogP contribution >= 0.6 is 11.6 Å². The van der Waals surface area contributed by atoms with Gasteiger partial charge < -0.3 is 11.1 Å². The number of nitriles is 1. The molecule has 0 aliphatic rings. The fourth-order valence-electron chi connectivity index (χ4n) is 1.85. The second-order valence-corrected chi connectivity index (χ2v) is 4.65. The van der Waals surface area contributed by atoms with Crippen LogP contribution in [0.4, 0.5) is 17.1 Å². The van der Waals surface area contributed by atoms with E-state index < -0.39 is 0 Å². The molecule has 0 radical (unpaired) electrons. The van der Waals surface area contributed by atoms with Crippen molar-refractivity contribution >= 4 is 28.7 Å². The smallest absolute Gasteiger partial charge is 0.103 e. The lowest BCUT2D eigenvalue weighted by molar-refractivity contribution is 1.11. The molecule has 3 N–H and O–H groups in total. The number of nitrogens with zero attached hydrogens (tertiary/aromatic N) is 2. The highest BCUT2D eigenvalue weighted by Gasteiger charge is 2.10. The predicted molar refractivity (Wildman–Crippen MR) is 77.6 cm³/mol. The summed E-state index contributed by atoms with van der Waals surface area (Å²) in [5.74, 6) is 0. The molecule has 0 unspecified atom stereocenters. The number of pyridine rings is 1. The minimum atomic E-state index is 0.504. The Morgan fingerprint density at radius 1 is 1.26 bits per heavy atom. The molecule has 0 aliphatic heterocycles. The quantitative estimate of drug-likeness (QED) is 0.820. The molecule has 0 saturated heterocycles. The van der Waals surface area contributed by atoms with Gasteiger partial charge in [-0.3, -0.25) is 4.98 Å². The Morgan fingerprint density at radius 2 is 2.00 bits per heavy atom. The molecular formula is C14H13ClN4. The Bertz CT molecular complexity index is 674. The van der Waals surface area contributed by atoms with Crippen LogP contribution in [0.1, 0.15) is 17.0 Å². The fraction of sp³-hybridized carbons (Fsp3) is 0.143. The van der Waals surface area contributed by atoms with Crippen molar-refractivity contribution in [3.63, 3.8) is 0 Å². The lowest BCUT2D eigenvalue weighted by atomic mass is 10.1. The number of anilines is 3. The van der Waals surface area contributed by atoms with Crippen LogP contribution in [0.15, 0.2) is 24.3 Å². The molecule has 0 fully saturated rings. The number of aromatic nitrogens is 1. The fourth-order valence-corrected chi connectivity index (χ4v) is 2.02. The van der Waals surface area contributed by atoms with Gasteiger partial charge in [0.05, 0.1) is 27.7 Å². The molecule has 0 aliphatic carbocycles. The number of rotatable bonds is 2. The van der Waals surface area contributed by atoms with E-state index in [1.165, 1.54) is 0 Å². The first-order chi connectivity index (χ1) is 9.01. The van der Waals surface area contributed by atoms with Gasteiger partial charge in [0.1, 0.15) is 6.07 Å². The number of hydrogen-bond acceptors (Lipinski definition) is 4. The maximum atomic E-state index is 9.20. The summed E-state index contributed by atoms with van der Waals surface area (Å²) in [7, 11) is 0. The van der Waals surface area contributed by atoms with E-state index >= 15 is 0 Å². The zero-order valence-corrected chi connectivity index (χ0v) is 11.4. The van der Waals surface area contributed by atoms with Crippen LogP contribution in [0.2, 0.25) is 5.02 Å². The molecule has 0 atom stereocenters. The molecule has 0 amide bonds. The average Bonchev–Trinajstić information content (AvgIpc) is 2.33. The SMILES string of the molecule is Cc1cc(Nc2cc(N)ccc2Cl)c(C#N)c(C)n1. The van der Waals surface area contributed by atoms with E-state index in [0.717, 1.165) is 5.69 Å². The Morgan fingerprint density at radius 3 is 2.68 bits per heavy atom. The van der Waals surface area contributed by atoms with E-state index in [0.29, 0.717) is 33.3 Å². The standard InChI is InChI=1S/C14H13ClN4/c1-8-5-13(11(7-16)9(2)18-8)19-14-6-10(17)3-4-12(14)15/h3-6H,17H2,1-2H3,(H,18,19). The van der Waals surface area contributed by atoms with E-state index in [4.69, 9.17) is 17.3 Å². The van der Waals surface area contributed by atoms with Crippen LogP contribution < -0.4 is 11.1 Å². The number of halogens is 1. The maximum Gasteiger partial charge on any atom is 0.103 e. The van der Waals surface area contributed by atoms with E-state index in [-0.39, 0.29) is 0 Å². The molecule has 19 heavy (non-hydrogen) atoms. The number of nitrogens with two attached hydrogens (primary N) is 1. The average molecular weight is 273 g/mol. The van der Waals surface area contributed by atoms with Crippen LogP contribution in [0, 0.1) is 25.2 Å². The summed E-state index contributed by atoms with van der Waals surface area (Å²) >= 11 is 6.10. The highest BCUT2D eigenvalue weighted by Crippen LogP contribution is 2.29. The van der Waals surface area contributed by atoms with Crippen LogP contribution in [0.3, 0.4) is 0 Å². The number of nitrogen functional groups attached to an aromatic ring is 1. The largest absolute Gasteiger partial charge is 0.399 e. The normalized spacial score (nSPS) is 10.0. The van der Waals surface area contributed by atoms with Gasteiger partial charge in [-0.25, -0.2) is 0 Å². The van der Waals surface area contributed by atoms with E-state index in [1.807, 2.05) is 13.0 Å². The van der Waals surface area contributed by atoms with Crippen molar-refractivity contribution in [2.75, 3.05) is 11.1 Å². The summed E-state index contributed by atoms with van der Waals surface area (Å²) in [6.45, 7) is 3.68. The van der Waals surface area contributed by atoms with Crippen molar-refractivity contribution in [3.05, 3.63) is 46.2 Å². The Kier molecular flexibility index (Phi) is 3.59. The second-order valence-electron chi connectivity index (χ2n) is 4.25. The first kappa shape index (κ1) is 13.2. The minimum absolute atomic E-state index is 0.504. The summed E-state index contributed by atoms with van der Waals surface area (Å²) in [4.78, 5) is 4.27. The van der Waals surface area contributed by atoms with Crippen molar-refractivity contribution in [1.29, 1.82) is 5.26 Å². The molecule has 0 spiro atoms. The molecule has 5 heteroatoms. The van der Waals surface area contributed by atoms with E-state index in [2.05, 4.69) is 16.4 Å². The molecule has 1 aromatic heterocycles. The predicted octanol–water partition coefficient (Wildman–Crippen LogP) is 3.55. The van der Waals surface area contributed by atoms with Crippen molar-refractivity contribution in [2.45, 2.75) is 13.8 Å². The van der Waals surface area contributed by atoms with Crippen LogP contribution in [0.5, 0.6) is 0 Å². The third-order valence-electron chi connectivity index (χ3n) is 2.70. The van der Waals surface area contributed by atoms with Crippen LogP contribution in [-0.4, -0.2) is 4.98 Å². The minimum Gasteiger partial charge on any atom is -0.399 e. The van der Waals surface area contributed by atoms with Gasteiger partial charge in [-0.1, -0.05) is 11.6 Å². The van der Waals surface area contributed by atoms with Crippen molar-refractivity contribution < 1.29 is 0 Å². The van der Waals surface area contributed by atoms with Gasteiger partial charge in [-0.15, -0.1) is 0 Å². The molecule has 2 rings (SSSR count). The first-order valence-corrected chi connectivity index (χ1v) is 6.09. The van der Waals surface area contributed by atoms with Gasteiger partial charge in [0.2, 0.25) is 0 Å². The maximum absolute atomic E-state index is 9.20. The Hall–Kier alpha value is -2.25. The lowest BCUT2D eigenvalue weighted by Gasteiger charge is -2.12. The molecule has 0 saturated carbocycles. The summed E-state index contributed by atoms with van der Waals surface area (Å²) in [6, 6.07) is 9.13. The van der Waals surface area contributed by atoms with Gasteiger partial charge in [-0.2, -0.15) is 5.26 Å². The molecule has 1 aromatic carbocycles. The van der Waals surface area contributed by atoms with Gasteiger partial charge in [0.15, 0.2) is 0 Å². The van der Waals surface area contributed by atoms with Crippen molar-refractivity contribution in [3.8, 4) is 6.07 Å². The summed E-state index contributed by atoms with van der Waals surface area (Å²) in [6.07, 6.45) is 0. The highest BCUT2D eigenvalue weighted by atomic mass is 35.5. The summed E-state index contributed by atoms with van der Waals surface area (Å²) < 4.78 is 0. The van der Waals surface area contributed by atoms with Crippen molar-refractivity contribution in [1.82, 2.24) is 4.98 Å².